The van der Waals surface area contributed by atoms with E-state index in [1.54, 1.807) is 0 Å². The number of fused-ring (bicyclic) bond motifs is 1. The molecule has 0 aromatic carbocycles. The Labute approximate surface area is 82.5 Å². The summed E-state index contributed by atoms with van der Waals surface area (Å²) in [6.07, 6.45) is 7.36. The second-order valence-electron chi connectivity index (χ2n) is 4.48. The van der Waals surface area contributed by atoms with Gasteiger partial charge in [0.1, 0.15) is 0 Å². The van der Waals surface area contributed by atoms with Gasteiger partial charge in [-0.1, -0.05) is 0 Å². The Balaban J connectivity index is 1.77. The van der Waals surface area contributed by atoms with Crippen molar-refractivity contribution >= 4 is 6.29 Å². The van der Waals surface area contributed by atoms with Crippen molar-refractivity contribution in [2.24, 2.45) is 11.8 Å². The van der Waals surface area contributed by atoms with Crippen LogP contribution in [0.5, 0.6) is 0 Å². The Morgan fingerprint density at radius 1 is 1.36 bits per heavy atom. The summed E-state index contributed by atoms with van der Waals surface area (Å²) in [5.41, 5.74) is 0. The third-order valence-corrected chi connectivity index (χ3v) is 3.55. The van der Waals surface area contributed by atoms with E-state index < -0.39 is 0 Å². The first-order valence-corrected chi connectivity index (χ1v) is 5.27. The maximum atomic E-state index is 10.4. The summed E-state index contributed by atoms with van der Waals surface area (Å²) in [6.45, 7) is 0. The summed E-state index contributed by atoms with van der Waals surface area (Å²) >= 11 is 0. The molecule has 2 saturated carbocycles. The Bertz CT molecular complexity index is 358. The molecule has 0 N–H and O–H groups in total. The predicted octanol–water partition coefficient (Wildman–Crippen LogP) is 2.39. The van der Waals surface area contributed by atoms with Gasteiger partial charge in [0.05, 0.1) is 6.20 Å². The highest BCUT2D eigenvalue weighted by molar-refractivity contribution is 5.69. The van der Waals surface area contributed by atoms with E-state index in [1.807, 2.05) is 0 Å². The van der Waals surface area contributed by atoms with E-state index in [4.69, 9.17) is 4.42 Å². The molecular weight excluding hydrogens is 178 g/mol. The summed E-state index contributed by atoms with van der Waals surface area (Å²) in [6, 6.07) is 0. The molecule has 3 rings (SSSR count). The molecule has 0 radical (unpaired) electrons. The number of nitrogens with zero attached hydrogens (tertiary/aromatic N) is 1. The number of carbonyl (C=O) groups excluding carboxylic acids is 1. The molecule has 2 fully saturated rings. The van der Waals surface area contributed by atoms with Crippen LogP contribution in [0.4, 0.5) is 0 Å². The number of hydrogen-bond acceptors (Lipinski definition) is 3. The van der Waals surface area contributed by atoms with Crippen LogP contribution in [0, 0.1) is 11.8 Å². The SMILES string of the molecule is O=Cc1cnc(C2CCC3CC3C2)o1. The van der Waals surface area contributed by atoms with E-state index in [1.165, 1.54) is 31.9 Å². The van der Waals surface area contributed by atoms with E-state index in [9.17, 15) is 4.79 Å². The lowest BCUT2D eigenvalue weighted by Gasteiger charge is -2.17. The van der Waals surface area contributed by atoms with Gasteiger partial charge in [-0.15, -0.1) is 0 Å². The van der Waals surface area contributed by atoms with Crippen LogP contribution in [-0.2, 0) is 0 Å². The smallest absolute Gasteiger partial charge is 0.198 e. The van der Waals surface area contributed by atoms with E-state index in [-0.39, 0.29) is 0 Å². The zero-order valence-electron chi connectivity index (χ0n) is 7.98. The number of oxazole rings is 1. The lowest BCUT2D eigenvalue weighted by atomic mass is 9.89. The Hall–Kier alpha value is -1.12. The molecule has 0 saturated heterocycles. The number of rotatable bonds is 2. The second kappa shape index (κ2) is 2.94. The van der Waals surface area contributed by atoms with Crippen LogP contribution in [0.3, 0.4) is 0 Å². The van der Waals surface area contributed by atoms with Crippen LogP contribution in [0.15, 0.2) is 10.6 Å². The van der Waals surface area contributed by atoms with E-state index >= 15 is 0 Å². The lowest BCUT2D eigenvalue weighted by molar-refractivity contribution is 0.109. The van der Waals surface area contributed by atoms with Gasteiger partial charge in [0.15, 0.2) is 17.9 Å². The van der Waals surface area contributed by atoms with Crippen molar-refractivity contribution in [3.63, 3.8) is 0 Å². The number of aldehydes is 1. The number of carbonyl (C=O) groups is 1. The summed E-state index contributed by atoms with van der Waals surface area (Å²) in [5.74, 6) is 3.51. The van der Waals surface area contributed by atoms with Crippen LogP contribution in [0.25, 0.3) is 0 Å². The average Bonchev–Trinajstić information content (AvgIpc) is 2.84. The summed E-state index contributed by atoms with van der Waals surface area (Å²) < 4.78 is 5.36. The quantitative estimate of drug-likeness (QED) is 0.674. The molecule has 2 aliphatic rings. The fourth-order valence-electron chi connectivity index (χ4n) is 2.62. The van der Waals surface area contributed by atoms with Crippen molar-refractivity contribution in [2.45, 2.75) is 31.6 Å². The molecule has 0 spiro atoms. The van der Waals surface area contributed by atoms with Gasteiger partial charge < -0.3 is 4.42 Å². The molecule has 3 nitrogen and oxygen atoms in total. The summed E-state index contributed by atoms with van der Waals surface area (Å²) in [4.78, 5) is 14.6. The molecule has 1 aromatic heterocycles. The highest BCUT2D eigenvalue weighted by atomic mass is 16.4. The molecule has 3 heteroatoms. The van der Waals surface area contributed by atoms with Crippen molar-refractivity contribution in [1.29, 1.82) is 0 Å². The average molecular weight is 191 g/mol. The van der Waals surface area contributed by atoms with Gasteiger partial charge in [-0.2, -0.15) is 0 Å². The monoisotopic (exact) mass is 191 g/mol. The standard InChI is InChI=1S/C11H13NO2/c13-6-10-5-12-11(14-10)8-2-1-7-3-9(7)4-8/h5-9H,1-4H2. The Morgan fingerprint density at radius 2 is 2.29 bits per heavy atom. The predicted molar refractivity (Wildman–Crippen MR) is 50.1 cm³/mol. The van der Waals surface area contributed by atoms with Gasteiger partial charge in [0.2, 0.25) is 0 Å². The fraction of sp³-hybridized carbons (Fsp3) is 0.636. The minimum absolute atomic E-state index is 0.359. The van der Waals surface area contributed by atoms with Gasteiger partial charge in [0, 0.05) is 5.92 Å². The van der Waals surface area contributed by atoms with E-state index in [2.05, 4.69) is 4.98 Å². The molecule has 0 bridgehead atoms. The Morgan fingerprint density at radius 3 is 3.00 bits per heavy atom. The largest absolute Gasteiger partial charge is 0.438 e. The fourth-order valence-corrected chi connectivity index (χ4v) is 2.62. The van der Waals surface area contributed by atoms with Gasteiger partial charge in [-0.05, 0) is 37.5 Å². The van der Waals surface area contributed by atoms with Crippen molar-refractivity contribution in [3.05, 3.63) is 17.8 Å². The lowest BCUT2D eigenvalue weighted by Crippen LogP contribution is -2.06. The van der Waals surface area contributed by atoms with Crippen LogP contribution in [0.2, 0.25) is 0 Å². The van der Waals surface area contributed by atoms with E-state index in [0.29, 0.717) is 11.7 Å². The summed E-state index contributed by atoms with van der Waals surface area (Å²) in [5, 5.41) is 0. The molecule has 2 aliphatic carbocycles. The normalized spacial score (nSPS) is 35.0. The molecular formula is C11H13NO2. The maximum absolute atomic E-state index is 10.4. The van der Waals surface area contributed by atoms with Crippen LogP contribution in [-0.4, -0.2) is 11.3 Å². The van der Waals surface area contributed by atoms with Crippen LogP contribution >= 0.6 is 0 Å². The van der Waals surface area contributed by atoms with Gasteiger partial charge in [-0.3, -0.25) is 4.79 Å². The third kappa shape index (κ3) is 1.27. The molecule has 0 aliphatic heterocycles. The van der Waals surface area contributed by atoms with Gasteiger partial charge in [0.25, 0.3) is 0 Å². The highest BCUT2D eigenvalue weighted by Crippen LogP contribution is 2.53. The molecule has 3 unspecified atom stereocenters. The summed E-state index contributed by atoms with van der Waals surface area (Å²) in [7, 11) is 0. The topological polar surface area (TPSA) is 43.1 Å². The number of hydrogen-bond donors (Lipinski definition) is 0. The first-order chi connectivity index (χ1) is 6.86. The minimum atomic E-state index is 0.359. The molecule has 74 valence electrons. The van der Waals surface area contributed by atoms with Gasteiger partial charge in [-0.25, -0.2) is 4.98 Å². The first-order valence-electron chi connectivity index (χ1n) is 5.27. The third-order valence-electron chi connectivity index (χ3n) is 3.55. The minimum Gasteiger partial charge on any atom is -0.438 e. The Kier molecular flexibility index (Phi) is 1.72. The second-order valence-corrected chi connectivity index (χ2v) is 4.48. The van der Waals surface area contributed by atoms with Crippen LogP contribution < -0.4 is 0 Å². The van der Waals surface area contributed by atoms with Crippen molar-refractivity contribution in [2.75, 3.05) is 0 Å². The molecule has 1 aromatic rings. The zero-order valence-corrected chi connectivity index (χ0v) is 7.98. The van der Waals surface area contributed by atoms with E-state index in [0.717, 1.165) is 24.0 Å². The molecule has 14 heavy (non-hydrogen) atoms. The van der Waals surface area contributed by atoms with Crippen molar-refractivity contribution in [1.82, 2.24) is 4.98 Å². The number of aromatic nitrogens is 1. The highest BCUT2D eigenvalue weighted by Gasteiger charge is 2.43. The molecule has 0 amide bonds. The zero-order chi connectivity index (χ0) is 9.54. The van der Waals surface area contributed by atoms with Crippen LogP contribution in [0.1, 0.15) is 48.0 Å². The molecule has 1 heterocycles. The van der Waals surface area contributed by atoms with Crippen molar-refractivity contribution < 1.29 is 9.21 Å². The molecule has 3 atom stereocenters. The van der Waals surface area contributed by atoms with Gasteiger partial charge >= 0.3 is 0 Å². The van der Waals surface area contributed by atoms with Crippen molar-refractivity contribution in [3.8, 4) is 0 Å². The first kappa shape index (κ1) is 8.21. The maximum Gasteiger partial charge on any atom is 0.198 e.